The second-order valence-corrected chi connectivity index (χ2v) is 5.27. The van der Waals surface area contributed by atoms with Crippen LogP contribution in [0.2, 0.25) is 0 Å². The summed E-state index contributed by atoms with van der Waals surface area (Å²) in [6.07, 6.45) is 0. The van der Waals surface area contributed by atoms with Gasteiger partial charge in [-0.1, -0.05) is 24.3 Å². The summed E-state index contributed by atoms with van der Waals surface area (Å²) >= 11 is 0. The van der Waals surface area contributed by atoms with E-state index in [1.54, 1.807) is 48.5 Å². The number of hydrogen-bond donors (Lipinski definition) is 2. The Bertz CT molecular complexity index is 722. The van der Waals surface area contributed by atoms with Crippen molar-refractivity contribution >= 4 is 0 Å². The van der Waals surface area contributed by atoms with Gasteiger partial charge in [0.15, 0.2) is 23.0 Å². The minimum absolute atomic E-state index is 0. The Morgan fingerprint density at radius 1 is 0.552 bits per heavy atom. The first-order valence-corrected chi connectivity index (χ1v) is 8.66. The monoisotopic (exact) mass is 468 g/mol. The molecule has 0 aliphatic carbocycles. The maximum absolute atomic E-state index is 8.99. The maximum atomic E-state index is 8.99. The maximum Gasteiger partial charge on any atom is 2.00 e. The molecule has 0 atom stereocenters. The largest absolute Gasteiger partial charge is 2.00 e. The van der Waals surface area contributed by atoms with Gasteiger partial charge < -0.3 is 19.7 Å². The molecule has 4 nitrogen and oxygen atoms in total. The Kier molecular flexibility index (Phi) is 15.7. The van der Waals surface area contributed by atoms with Crippen LogP contribution in [0.4, 0.5) is 0 Å². The van der Waals surface area contributed by atoms with Crippen LogP contribution in [0, 0.1) is 0 Å². The molecule has 150 valence electrons. The number of ether oxygens (including phenoxy) is 2. The van der Waals surface area contributed by atoms with Crippen molar-refractivity contribution in [2.24, 2.45) is 0 Å². The Labute approximate surface area is 191 Å². The number of para-hydroxylation sites is 4. The SMILES string of the molecule is COc1ccccc1O.COc1ccccc1O.[Zr+2].c1cc[cH-]c1.c1cc[cH-]c1. The van der Waals surface area contributed by atoms with E-state index in [9.17, 15) is 0 Å². The summed E-state index contributed by atoms with van der Waals surface area (Å²) in [6.45, 7) is 0. The second kappa shape index (κ2) is 17.3. The second-order valence-electron chi connectivity index (χ2n) is 5.27. The molecule has 0 spiro atoms. The van der Waals surface area contributed by atoms with Gasteiger partial charge in [-0.25, -0.2) is 24.3 Å². The average molecular weight is 470 g/mol. The number of hydrogen-bond acceptors (Lipinski definition) is 4. The first-order valence-electron chi connectivity index (χ1n) is 8.66. The van der Waals surface area contributed by atoms with Crippen molar-refractivity contribution < 1.29 is 45.9 Å². The molecule has 5 heteroatoms. The Morgan fingerprint density at radius 3 is 1.03 bits per heavy atom. The average Bonchev–Trinajstić information content (AvgIpc) is 3.48. The molecule has 4 aromatic rings. The zero-order valence-corrected chi connectivity index (χ0v) is 19.1. The van der Waals surface area contributed by atoms with Crippen molar-refractivity contribution in [3.63, 3.8) is 0 Å². The zero-order valence-electron chi connectivity index (χ0n) is 16.6. The number of rotatable bonds is 2. The van der Waals surface area contributed by atoms with Crippen LogP contribution in [0.25, 0.3) is 0 Å². The van der Waals surface area contributed by atoms with E-state index in [0.717, 1.165) is 0 Å². The van der Waals surface area contributed by atoms with Gasteiger partial charge in [0, 0.05) is 0 Å². The molecule has 29 heavy (non-hydrogen) atoms. The Hall–Kier alpha value is -2.78. The summed E-state index contributed by atoms with van der Waals surface area (Å²) < 4.78 is 9.59. The van der Waals surface area contributed by atoms with Gasteiger partial charge in [0.25, 0.3) is 0 Å². The molecular weight excluding hydrogens is 443 g/mol. The molecule has 0 bridgehead atoms. The van der Waals surface area contributed by atoms with Crippen molar-refractivity contribution in [2.45, 2.75) is 0 Å². The van der Waals surface area contributed by atoms with E-state index in [-0.39, 0.29) is 37.7 Å². The summed E-state index contributed by atoms with van der Waals surface area (Å²) in [5.41, 5.74) is 0. The summed E-state index contributed by atoms with van der Waals surface area (Å²) in [7, 11) is 3.05. The van der Waals surface area contributed by atoms with Crippen LogP contribution >= 0.6 is 0 Å². The third-order valence-electron chi connectivity index (χ3n) is 3.28. The summed E-state index contributed by atoms with van der Waals surface area (Å²) in [5, 5.41) is 18.0. The third-order valence-corrected chi connectivity index (χ3v) is 3.28. The molecule has 2 N–H and O–H groups in total. The van der Waals surface area contributed by atoms with Crippen LogP contribution in [0.5, 0.6) is 23.0 Å². The van der Waals surface area contributed by atoms with Crippen LogP contribution in [0.15, 0.2) is 109 Å². The number of phenols is 2. The minimum atomic E-state index is 0. The van der Waals surface area contributed by atoms with Crippen LogP contribution in [0.1, 0.15) is 0 Å². The number of methoxy groups -OCH3 is 2. The van der Waals surface area contributed by atoms with E-state index in [1.807, 2.05) is 60.7 Å². The van der Waals surface area contributed by atoms with E-state index in [2.05, 4.69) is 0 Å². The zero-order chi connectivity index (χ0) is 20.5. The van der Waals surface area contributed by atoms with Gasteiger partial charge in [-0.2, -0.15) is 36.4 Å². The molecular formula is C24H26O4Zr. The summed E-state index contributed by atoms with van der Waals surface area (Å²) in [6, 6.07) is 33.7. The topological polar surface area (TPSA) is 58.9 Å². The predicted molar refractivity (Wildman–Crippen MR) is 113 cm³/mol. The van der Waals surface area contributed by atoms with Crippen molar-refractivity contribution in [3.05, 3.63) is 109 Å². The number of phenolic OH excluding ortho intramolecular Hbond substituents is 2. The van der Waals surface area contributed by atoms with E-state index < -0.39 is 0 Å². The smallest absolute Gasteiger partial charge is 0.504 e. The van der Waals surface area contributed by atoms with E-state index in [0.29, 0.717) is 11.5 Å². The van der Waals surface area contributed by atoms with E-state index >= 15 is 0 Å². The van der Waals surface area contributed by atoms with E-state index in [1.165, 1.54) is 14.2 Å². The summed E-state index contributed by atoms with van der Waals surface area (Å²) in [5.74, 6) is 1.38. The fourth-order valence-corrected chi connectivity index (χ4v) is 1.90. The molecule has 0 saturated carbocycles. The Balaban J connectivity index is 0.000000369. The molecule has 0 aromatic heterocycles. The normalized spacial score (nSPS) is 8.34. The third kappa shape index (κ3) is 12.3. The molecule has 0 aliphatic rings. The summed E-state index contributed by atoms with van der Waals surface area (Å²) in [4.78, 5) is 0. The van der Waals surface area contributed by atoms with Crippen LogP contribution in [-0.4, -0.2) is 24.4 Å². The van der Waals surface area contributed by atoms with Gasteiger partial charge in [0.1, 0.15) is 0 Å². The fraction of sp³-hybridized carbons (Fsp3) is 0.0833. The van der Waals surface area contributed by atoms with Crippen molar-refractivity contribution in [1.82, 2.24) is 0 Å². The predicted octanol–water partition coefficient (Wildman–Crippen LogP) is 5.61. The molecule has 4 aromatic carbocycles. The number of benzene rings is 2. The van der Waals surface area contributed by atoms with E-state index in [4.69, 9.17) is 19.7 Å². The minimum Gasteiger partial charge on any atom is -0.504 e. The number of aromatic hydroxyl groups is 2. The standard InChI is InChI=1S/2C7H8O2.2C5H5.Zr/c2*1-9-7-5-3-2-4-6(7)8;2*1-2-4-5-3-1;/h2*2-5,8H,1H3;2*1-5H;/q;;2*-1;+2. The first kappa shape index (κ1) is 26.2. The van der Waals surface area contributed by atoms with Gasteiger partial charge in [-0.15, -0.1) is 0 Å². The fourth-order valence-electron chi connectivity index (χ4n) is 1.90. The quantitative estimate of drug-likeness (QED) is 0.375. The van der Waals surface area contributed by atoms with Gasteiger partial charge in [-0.05, 0) is 24.3 Å². The molecule has 4 rings (SSSR count). The van der Waals surface area contributed by atoms with Gasteiger partial charge >= 0.3 is 26.2 Å². The molecule has 0 unspecified atom stereocenters. The van der Waals surface area contributed by atoms with Gasteiger partial charge in [-0.3, -0.25) is 0 Å². The molecule has 0 aliphatic heterocycles. The van der Waals surface area contributed by atoms with Crippen LogP contribution in [0.3, 0.4) is 0 Å². The molecule has 0 fully saturated rings. The Morgan fingerprint density at radius 2 is 0.862 bits per heavy atom. The van der Waals surface area contributed by atoms with Crippen molar-refractivity contribution in [3.8, 4) is 23.0 Å². The van der Waals surface area contributed by atoms with Crippen molar-refractivity contribution in [1.29, 1.82) is 0 Å². The van der Waals surface area contributed by atoms with Crippen LogP contribution in [-0.2, 0) is 26.2 Å². The molecule has 0 amide bonds. The van der Waals surface area contributed by atoms with Gasteiger partial charge in [0.05, 0.1) is 14.2 Å². The molecule has 0 saturated heterocycles. The molecule has 0 heterocycles. The van der Waals surface area contributed by atoms with Gasteiger partial charge in [0.2, 0.25) is 0 Å². The van der Waals surface area contributed by atoms with Crippen LogP contribution < -0.4 is 9.47 Å². The molecule has 0 radical (unpaired) electrons. The van der Waals surface area contributed by atoms with Crippen molar-refractivity contribution in [2.75, 3.05) is 14.2 Å². The first-order chi connectivity index (χ1) is 13.7.